The molecular formula is C18H29N3O. The van der Waals surface area contributed by atoms with Gasteiger partial charge < -0.3 is 10.6 Å². The largest absolute Gasteiger partial charge is 0.351 e. The second-order valence-electron chi connectivity index (χ2n) is 6.25. The van der Waals surface area contributed by atoms with Crippen LogP contribution in [0.4, 0.5) is 0 Å². The number of piperidine rings is 1. The van der Waals surface area contributed by atoms with Gasteiger partial charge in [-0.2, -0.15) is 0 Å². The molecule has 1 saturated heterocycles. The van der Waals surface area contributed by atoms with Gasteiger partial charge in [0.25, 0.3) is 0 Å². The minimum Gasteiger partial charge on any atom is -0.351 e. The van der Waals surface area contributed by atoms with Crippen LogP contribution in [-0.2, 0) is 11.3 Å². The van der Waals surface area contributed by atoms with E-state index in [1.165, 1.54) is 19.3 Å². The molecule has 122 valence electrons. The van der Waals surface area contributed by atoms with E-state index in [9.17, 15) is 4.79 Å². The van der Waals surface area contributed by atoms with E-state index in [2.05, 4.69) is 15.5 Å². The zero-order chi connectivity index (χ0) is 15.8. The Balaban J connectivity index is 1.72. The molecule has 0 bridgehead atoms. The third kappa shape index (κ3) is 5.11. The predicted octanol–water partition coefficient (Wildman–Crippen LogP) is 2.01. The van der Waals surface area contributed by atoms with Crippen LogP contribution in [0.1, 0.15) is 31.7 Å². The Morgan fingerprint density at radius 3 is 2.59 bits per heavy atom. The van der Waals surface area contributed by atoms with E-state index in [0.29, 0.717) is 6.54 Å². The molecule has 1 aliphatic heterocycles. The van der Waals surface area contributed by atoms with E-state index in [1.807, 2.05) is 44.3 Å². The van der Waals surface area contributed by atoms with Gasteiger partial charge in [0.05, 0.1) is 6.04 Å². The van der Waals surface area contributed by atoms with Crippen molar-refractivity contribution in [3.8, 4) is 0 Å². The fourth-order valence-corrected chi connectivity index (χ4v) is 3.08. The molecule has 0 aliphatic carbocycles. The molecule has 1 amide bonds. The molecule has 4 heteroatoms. The molecule has 2 rings (SSSR count). The lowest BCUT2D eigenvalue weighted by Crippen LogP contribution is -2.48. The highest BCUT2D eigenvalue weighted by molar-refractivity contribution is 5.81. The summed E-state index contributed by atoms with van der Waals surface area (Å²) in [7, 11) is 2.01. The summed E-state index contributed by atoms with van der Waals surface area (Å²) in [6.07, 6.45) is 3.66. The van der Waals surface area contributed by atoms with Crippen molar-refractivity contribution in [2.45, 2.75) is 38.8 Å². The summed E-state index contributed by atoms with van der Waals surface area (Å²) in [6, 6.07) is 10.0. The molecule has 0 spiro atoms. The zero-order valence-electron chi connectivity index (χ0n) is 13.8. The SMILES string of the molecule is CNCCC1CCN(C(C)C(=O)NCc2ccccc2)CC1. The number of benzene rings is 1. The molecule has 1 aliphatic rings. The molecule has 22 heavy (non-hydrogen) atoms. The summed E-state index contributed by atoms with van der Waals surface area (Å²) in [5, 5.41) is 6.27. The zero-order valence-corrected chi connectivity index (χ0v) is 13.8. The van der Waals surface area contributed by atoms with Gasteiger partial charge in [-0.15, -0.1) is 0 Å². The number of amides is 1. The molecule has 1 aromatic rings. The van der Waals surface area contributed by atoms with Gasteiger partial charge in [0, 0.05) is 6.54 Å². The maximum atomic E-state index is 12.3. The molecule has 0 saturated carbocycles. The number of rotatable bonds is 7. The Hall–Kier alpha value is -1.39. The molecule has 2 N–H and O–H groups in total. The lowest BCUT2D eigenvalue weighted by Gasteiger charge is -2.35. The summed E-state index contributed by atoms with van der Waals surface area (Å²) in [4.78, 5) is 14.6. The van der Waals surface area contributed by atoms with Crippen LogP contribution < -0.4 is 10.6 Å². The number of carbonyl (C=O) groups excluding carboxylic acids is 1. The first-order chi connectivity index (χ1) is 10.7. The van der Waals surface area contributed by atoms with Gasteiger partial charge in [0.15, 0.2) is 0 Å². The van der Waals surface area contributed by atoms with Crippen LogP contribution in [0.2, 0.25) is 0 Å². The van der Waals surface area contributed by atoms with Gasteiger partial charge >= 0.3 is 0 Å². The van der Waals surface area contributed by atoms with Gasteiger partial charge in [0.1, 0.15) is 0 Å². The van der Waals surface area contributed by atoms with E-state index in [0.717, 1.165) is 31.1 Å². The Labute approximate surface area is 134 Å². The van der Waals surface area contributed by atoms with Crippen molar-refractivity contribution in [1.82, 2.24) is 15.5 Å². The Morgan fingerprint density at radius 2 is 1.95 bits per heavy atom. The Kier molecular flexibility index (Phi) is 6.87. The Bertz CT molecular complexity index is 441. The van der Waals surface area contributed by atoms with Crippen molar-refractivity contribution in [3.05, 3.63) is 35.9 Å². The van der Waals surface area contributed by atoms with Gasteiger partial charge in [0.2, 0.25) is 5.91 Å². The smallest absolute Gasteiger partial charge is 0.237 e. The fourth-order valence-electron chi connectivity index (χ4n) is 3.08. The average molecular weight is 303 g/mol. The first-order valence-corrected chi connectivity index (χ1v) is 8.41. The highest BCUT2D eigenvalue weighted by Crippen LogP contribution is 2.21. The molecule has 1 aromatic carbocycles. The normalized spacial score (nSPS) is 18.1. The standard InChI is InChI=1S/C18H29N3O/c1-15(18(22)20-14-17-6-4-3-5-7-17)21-12-9-16(10-13-21)8-11-19-2/h3-7,15-16,19H,8-14H2,1-2H3,(H,20,22). The summed E-state index contributed by atoms with van der Waals surface area (Å²) < 4.78 is 0. The van der Waals surface area contributed by atoms with Gasteiger partial charge in [-0.25, -0.2) is 0 Å². The van der Waals surface area contributed by atoms with E-state index in [1.54, 1.807) is 0 Å². The molecule has 1 fully saturated rings. The molecule has 1 atom stereocenters. The number of likely N-dealkylation sites (tertiary alicyclic amines) is 1. The summed E-state index contributed by atoms with van der Waals surface area (Å²) in [6.45, 7) is 5.80. The minimum absolute atomic E-state index is 0.0334. The lowest BCUT2D eigenvalue weighted by atomic mass is 9.93. The molecule has 0 aromatic heterocycles. The molecule has 1 heterocycles. The third-order valence-corrected chi connectivity index (χ3v) is 4.69. The molecule has 0 radical (unpaired) electrons. The lowest BCUT2D eigenvalue weighted by molar-refractivity contribution is -0.126. The second-order valence-corrected chi connectivity index (χ2v) is 6.25. The van der Waals surface area contributed by atoms with E-state index in [4.69, 9.17) is 0 Å². The van der Waals surface area contributed by atoms with Crippen LogP contribution >= 0.6 is 0 Å². The quantitative estimate of drug-likeness (QED) is 0.810. The van der Waals surface area contributed by atoms with Crippen molar-refractivity contribution in [2.24, 2.45) is 5.92 Å². The maximum Gasteiger partial charge on any atom is 0.237 e. The van der Waals surface area contributed by atoms with Gasteiger partial charge in [-0.05, 0) is 64.3 Å². The molecular weight excluding hydrogens is 274 g/mol. The third-order valence-electron chi connectivity index (χ3n) is 4.69. The van der Waals surface area contributed by atoms with Gasteiger partial charge in [-0.3, -0.25) is 9.69 Å². The number of hydrogen-bond acceptors (Lipinski definition) is 3. The molecule has 1 unspecified atom stereocenters. The van der Waals surface area contributed by atoms with Crippen LogP contribution in [0.25, 0.3) is 0 Å². The van der Waals surface area contributed by atoms with E-state index >= 15 is 0 Å². The van der Waals surface area contributed by atoms with Crippen LogP contribution in [0.3, 0.4) is 0 Å². The van der Waals surface area contributed by atoms with Crippen LogP contribution in [0.5, 0.6) is 0 Å². The first kappa shape index (κ1) is 17.0. The van der Waals surface area contributed by atoms with Crippen LogP contribution in [-0.4, -0.2) is 43.5 Å². The van der Waals surface area contributed by atoms with E-state index < -0.39 is 0 Å². The van der Waals surface area contributed by atoms with E-state index in [-0.39, 0.29) is 11.9 Å². The highest BCUT2D eigenvalue weighted by Gasteiger charge is 2.26. The number of carbonyl (C=O) groups is 1. The van der Waals surface area contributed by atoms with Crippen LogP contribution in [0, 0.1) is 5.92 Å². The average Bonchev–Trinajstić information content (AvgIpc) is 2.58. The predicted molar refractivity (Wildman–Crippen MR) is 90.6 cm³/mol. The monoisotopic (exact) mass is 303 g/mol. The van der Waals surface area contributed by atoms with Crippen molar-refractivity contribution in [2.75, 3.05) is 26.7 Å². The van der Waals surface area contributed by atoms with Crippen molar-refractivity contribution in [1.29, 1.82) is 0 Å². The number of nitrogens with zero attached hydrogens (tertiary/aromatic N) is 1. The number of hydrogen-bond donors (Lipinski definition) is 2. The van der Waals surface area contributed by atoms with Crippen LogP contribution in [0.15, 0.2) is 30.3 Å². The fraction of sp³-hybridized carbons (Fsp3) is 0.611. The summed E-state index contributed by atoms with van der Waals surface area (Å²) in [5.41, 5.74) is 1.15. The minimum atomic E-state index is -0.0334. The van der Waals surface area contributed by atoms with Gasteiger partial charge in [-0.1, -0.05) is 30.3 Å². The first-order valence-electron chi connectivity index (χ1n) is 8.41. The highest BCUT2D eigenvalue weighted by atomic mass is 16.2. The molecule has 4 nitrogen and oxygen atoms in total. The number of nitrogens with one attached hydrogen (secondary N) is 2. The van der Waals surface area contributed by atoms with Crippen molar-refractivity contribution >= 4 is 5.91 Å². The second kappa shape index (κ2) is 8.91. The maximum absolute atomic E-state index is 12.3. The Morgan fingerprint density at radius 1 is 1.27 bits per heavy atom. The summed E-state index contributed by atoms with van der Waals surface area (Å²) in [5.74, 6) is 0.945. The van der Waals surface area contributed by atoms with Crippen molar-refractivity contribution < 1.29 is 4.79 Å². The topological polar surface area (TPSA) is 44.4 Å². The van der Waals surface area contributed by atoms with Crippen molar-refractivity contribution in [3.63, 3.8) is 0 Å². The summed E-state index contributed by atoms with van der Waals surface area (Å²) >= 11 is 0.